The molecule has 0 aliphatic heterocycles. The first-order valence-electron chi connectivity index (χ1n) is 4.96. The third kappa shape index (κ3) is 4.88. The van der Waals surface area contributed by atoms with Gasteiger partial charge in [0.2, 0.25) is 0 Å². The molecule has 0 spiro atoms. The summed E-state index contributed by atoms with van der Waals surface area (Å²) in [6, 6.07) is 0.397. The van der Waals surface area contributed by atoms with Crippen LogP contribution in [0.25, 0.3) is 0 Å². The van der Waals surface area contributed by atoms with E-state index in [1.54, 1.807) is 7.11 Å². The lowest BCUT2D eigenvalue weighted by atomic mass is 10.2. The van der Waals surface area contributed by atoms with E-state index in [0.717, 1.165) is 25.2 Å². The highest BCUT2D eigenvalue weighted by Gasteiger charge is 2.11. The third-order valence-electron chi connectivity index (χ3n) is 1.99. The average Bonchev–Trinajstić information content (AvgIpc) is 2.05. The summed E-state index contributed by atoms with van der Waals surface area (Å²) in [7, 11) is 1.70. The van der Waals surface area contributed by atoms with Crippen molar-refractivity contribution in [1.82, 2.24) is 4.90 Å². The van der Waals surface area contributed by atoms with Crippen LogP contribution >= 0.6 is 0 Å². The number of nitrogens with one attached hydrogen (secondary N) is 1. The van der Waals surface area contributed by atoms with Gasteiger partial charge in [-0.05, 0) is 20.3 Å². The van der Waals surface area contributed by atoms with Crippen LogP contribution in [0.1, 0.15) is 33.6 Å². The van der Waals surface area contributed by atoms with E-state index in [0.29, 0.717) is 12.6 Å². The van der Waals surface area contributed by atoms with Crippen molar-refractivity contribution < 1.29 is 4.74 Å². The van der Waals surface area contributed by atoms with E-state index in [1.165, 1.54) is 0 Å². The predicted octanol–water partition coefficient (Wildman–Crippen LogP) is 2.12. The number of hydrogen-bond donors (Lipinski definition) is 1. The van der Waals surface area contributed by atoms with Gasteiger partial charge in [-0.15, -0.1) is 0 Å². The fourth-order valence-electron chi connectivity index (χ4n) is 1.27. The van der Waals surface area contributed by atoms with Gasteiger partial charge in [-0.25, -0.2) is 0 Å². The maximum absolute atomic E-state index is 7.83. The summed E-state index contributed by atoms with van der Waals surface area (Å²) in [6.45, 7) is 7.85. The lowest BCUT2D eigenvalue weighted by molar-refractivity contribution is 0.165. The zero-order valence-corrected chi connectivity index (χ0v) is 9.26. The quantitative estimate of drug-likeness (QED) is 0.509. The van der Waals surface area contributed by atoms with Crippen molar-refractivity contribution in [3.05, 3.63) is 0 Å². The van der Waals surface area contributed by atoms with Crippen LogP contribution in [-0.4, -0.2) is 37.0 Å². The van der Waals surface area contributed by atoms with Crippen molar-refractivity contribution in [2.45, 2.75) is 39.7 Å². The standard InChI is InChI=1S/C10H22N2O/c1-5-6-10(11)12(9(2)3)7-8-13-4/h9,11H,5-8H2,1-4H3. The topological polar surface area (TPSA) is 36.3 Å². The monoisotopic (exact) mass is 186 g/mol. The van der Waals surface area contributed by atoms with E-state index in [4.69, 9.17) is 10.1 Å². The Labute approximate surface area is 81.6 Å². The van der Waals surface area contributed by atoms with Gasteiger partial charge in [-0.1, -0.05) is 6.92 Å². The van der Waals surface area contributed by atoms with Crippen LogP contribution < -0.4 is 0 Å². The Morgan fingerprint density at radius 3 is 2.46 bits per heavy atom. The first kappa shape index (κ1) is 12.4. The normalized spacial score (nSPS) is 10.5. The Hall–Kier alpha value is -0.570. The molecule has 13 heavy (non-hydrogen) atoms. The molecule has 0 aliphatic rings. The van der Waals surface area contributed by atoms with E-state index in [2.05, 4.69) is 25.7 Å². The molecule has 78 valence electrons. The molecular weight excluding hydrogens is 164 g/mol. The predicted molar refractivity (Wildman–Crippen MR) is 56.4 cm³/mol. The van der Waals surface area contributed by atoms with Crippen LogP contribution in [0.4, 0.5) is 0 Å². The zero-order valence-electron chi connectivity index (χ0n) is 9.26. The Kier molecular flexibility index (Phi) is 6.59. The van der Waals surface area contributed by atoms with Crippen LogP contribution in [0.3, 0.4) is 0 Å². The smallest absolute Gasteiger partial charge is 0.0960 e. The molecule has 0 saturated carbocycles. The first-order valence-corrected chi connectivity index (χ1v) is 4.96. The molecular formula is C10H22N2O. The summed E-state index contributed by atoms with van der Waals surface area (Å²) in [5.74, 6) is 0.731. The molecule has 3 nitrogen and oxygen atoms in total. The largest absolute Gasteiger partial charge is 0.383 e. The summed E-state index contributed by atoms with van der Waals surface area (Å²) in [4.78, 5) is 2.09. The van der Waals surface area contributed by atoms with Gasteiger partial charge >= 0.3 is 0 Å². The summed E-state index contributed by atoms with van der Waals surface area (Å²) in [6.07, 6.45) is 1.90. The second kappa shape index (κ2) is 6.89. The molecule has 0 amide bonds. The van der Waals surface area contributed by atoms with Gasteiger partial charge in [0.15, 0.2) is 0 Å². The maximum atomic E-state index is 7.83. The highest BCUT2D eigenvalue weighted by Crippen LogP contribution is 2.03. The SMILES string of the molecule is CCCC(=N)N(CCOC)C(C)C. The summed E-state index contributed by atoms with van der Waals surface area (Å²) in [5, 5.41) is 7.83. The molecule has 0 aromatic rings. The lowest BCUT2D eigenvalue weighted by Crippen LogP contribution is -2.38. The number of methoxy groups -OCH3 is 1. The number of amidine groups is 1. The van der Waals surface area contributed by atoms with E-state index >= 15 is 0 Å². The molecule has 0 aliphatic carbocycles. The van der Waals surface area contributed by atoms with Crippen LogP contribution in [0, 0.1) is 5.41 Å². The summed E-state index contributed by atoms with van der Waals surface area (Å²) >= 11 is 0. The molecule has 0 fully saturated rings. The van der Waals surface area contributed by atoms with Gasteiger partial charge in [0.25, 0.3) is 0 Å². The molecule has 3 heteroatoms. The minimum Gasteiger partial charge on any atom is -0.383 e. The van der Waals surface area contributed by atoms with Gasteiger partial charge in [-0.2, -0.15) is 0 Å². The summed E-state index contributed by atoms with van der Waals surface area (Å²) in [5.41, 5.74) is 0. The molecule has 0 bridgehead atoms. The van der Waals surface area contributed by atoms with Crippen LogP contribution in [0.5, 0.6) is 0 Å². The molecule has 0 atom stereocenters. The molecule has 0 aromatic heterocycles. The Morgan fingerprint density at radius 1 is 1.46 bits per heavy atom. The van der Waals surface area contributed by atoms with E-state index < -0.39 is 0 Å². The number of ether oxygens (including phenoxy) is 1. The van der Waals surface area contributed by atoms with Crippen molar-refractivity contribution >= 4 is 5.84 Å². The fraction of sp³-hybridized carbons (Fsp3) is 0.900. The van der Waals surface area contributed by atoms with Crippen LogP contribution in [0.2, 0.25) is 0 Å². The molecule has 0 rings (SSSR count). The molecule has 0 aromatic carbocycles. The minimum atomic E-state index is 0.397. The lowest BCUT2D eigenvalue weighted by Gasteiger charge is -2.28. The van der Waals surface area contributed by atoms with Gasteiger partial charge < -0.3 is 9.64 Å². The molecule has 0 unspecified atom stereocenters. The second-order valence-corrected chi connectivity index (χ2v) is 3.48. The van der Waals surface area contributed by atoms with Crippen LogP contribution in [0.15, 0.2) is 0 Å². The van der Waals surface area contributed by atoms with E-state index in [1.807, 2.05) is 0 Å². The minimum absolute atomic E-state index is 0.397. The highest BCUT2D eigenvalue weighted by molar-refractivity contribution is 5.79. The van der Waals surface area contributed by atoms with Crippen molar-refractivity contribution in [3.63, 3.8) is 0 Å². The van der Waals surface area contributed by atoms with Crippen molar-refractivity contribution in [1.29, 1.82) is 5.41 Å². The Balaban J connectivity index is 3.99. The zero-order chi connectivity index (χ0) is 10.3. The Bertz CT molecular complexity index is 146. The van der Waals surface area contributed by atoms with Crippen molar-refractivity contribution in [2.75, 3.05) is 20.3 Å². The van der Waals surface area contributed by atoms with E-state index in [-0.39, 0.29) is 0 Å². The fourth-order valence-corrected chi connectivity index (χ4v) is 1.27. The van der Waals surface area contributed by atoms with Gasteiger partial charge in [-0.3, -0.25) is 5.41 Å². The van der Waals surface area contributed by atoms with Crippen molar-refractivity contribution in [2.24, 2.45) is 0 Å². The van der Waals surface area contributed by atoms with Gasteiger partial charge in [0.1, 0.15) is 0 Å². The first-order chi connectivity index (χ1) is 6.13. The number of hydrogen-bond acceptors (Lipinski definition) is 2. The highest BCUT2D eigenvalue weighted by atomic mass is 16.5. The number of rotatable bonds is 6. The van der Waals surface area contributed by atoms with Crippen LogP contribution in [-0.2, 0) is 4.74 Å². The second-order valence-electron chi connectivity index (χ2n) is 3.48. The average molecular weight is 186 g/mol. The molecule has 0 heterocycles. The van der Waals surface area contributed by atoms with E-state index in [9.17, 15) is 0 Å². The number of nitrogens with zero attached hydrogens (tertiary/aromatic N) is 1. The van der Waals surface area contributed by atoms with Crippen molar-refractivity contribution in [3.8, 4) is 0 Å². The third-order valence-corrected chi connectivity index (χ3v) is 1.99. The van der Waals surface area contributed by atoms with Gasteiger partial charge in [0.05, 0.1) is 12.4 Å². The maximum Gasteiger partial charge on any atom is 0.0960 e. The molecule has 0 saturated heterocycles. The Morgan fingerprint density at radius 2 is 2.08 bits per heavy atom. The van der Waals surface area contributed by atoms with Gasteiger partial charge in [0, 0.05) is 26.1 Å². The molecule has 1 N–H and O–H groups in total. The molecule has 0 radical (unpaired) electrons. The summed E-state index contributed by atoms with van der Waals surface area (Å²) < 4.78 is 5.01.